The Kier molecular flexibility index (Phi) is 6.99. The molecule has 0 fully saturated rings. The second kappa shape index (κ2) is 8.99. The van der Waals surface area contributed by atoms with Gasteiger partial charge in [0.05, 0.1) is 12.2 Å². The number of fused-ring (bicyclic) bond motifs is 1. The van der Waals surface area contributed by atoms with E-state index in [4.69, 9.17) is 0 Å². The molecule has 0 aliphatic carbocycles. The van der Waals surface area contributed by atoms with Gasteiger partial charge in [0.25, 0.3) is 0 Å². The van der Waals surface area contributed by atoms with E-state index in [1.54, 1.807) is 11.8 Å². The Hall–Kier alpha value is -1.89. The highest BCUT2D eigenvalue weighted by molar-refractivity contribution is 6.00. The van der Waals surface area contributed by atoms with E-state index in [1.165, 1.54) is 12.8 Å². The van der Waals surface area contributed by atoms with Crippen molar-refractivity contribution in [3.63, 3.8) is 0 Å². The number of carbonyl (C=O) groups is 2. The molecule has 0 unspecified atom stereocenters. The molecule has 1 atom stereocenters. The summed E-state index contributed by atoms with van der Waals surface area (Å²) in [5.74, 6) is 0.579. The van der Waals surface area contributed by atoms with E-state index in [0.717, 1.165) is 31.1 Å². The predicted octanol–water partition coefficient (Wildman–Crippen LogP) is 1.55. The smallest absolute Gasteiger partial charge is 0.243 e. The van der Waals surface area contributed by atoms with Gasteiger partial charge in [-0.1, -0.05) is 20.3 Å². The van der Waals surface area contributed by atoms with Crippen LogP contribution in [0.25, 0.3) is 0 Å². The Morgan fingerprint density at radius 3 is 2.84 bits per heavy atom. The third kappa shape index (κ3) is 4.81. The van der Waals surface area contributed by atoms with Gasteiger partial charge in [-0.05, 0) is 33.4 Å². The number of aromatic nitrogens is 2. The summed E-state index contributed by atoms with van der Waals surface area (Å²) in [5, 5.41) is 7.36. The fourth-order valence-corrected chi connectivity index (χ4v) is 3.17. The lowest BCUT2D eigenvalue weighted by molar-refractivity contribution is -0.126. The summed E-state index contributed by atoms with van der Waals surface area (Å²) in [6, 6.07) is 1.33. The first-order chi connectivity index (χ1) is 12.0. The molecule has 7 nitrogen and oxygen atoms in total. The van der Waals surface area contributed by atoms with Crippen LogP contribution in [-0.2, 0) is 16.1 Å². The van der Waals surface area contributed by atoms with Crippen LogP contribution in [0.3, 0.4) is 0 Å². The van der Waals surface area contributed by atoms with Gasteiger partial charge in [0, 0.05) is 25.6 Å². The number of hydrogen-bond donors (Lipinski definition) is 1. The van der Waals surface area contributed by atoms with Crippen molar-refractivity contribution in [3.8, 4) is 0 Å². The third-order valence-electron chi connectivity index (χ3n) is 4.70. The van der Waals surface area contributed by atoms with E-state index in [0.29, 0.717) is 19.5 Å². The van der Waals surface area contributed by atoms with Gasteiger partial charge in [-0.15, -0.1) is 0 Å². The first-order valence-electron chi connectivity index (χ1n) is 9.34. The van der Waals surface area contributed by atoms with Crippen molar-refractivity contribution in [2.24, 2.45) is 0 Å². The highest BCUT2D eigenvalue weighted by Gasteiger charge is 2.32. The van der Waals surface area contributed by atoms with Crippen molar-refractivity contribution in [3.05, 3.63) is 11.8 Å². The van der Waals surface area contributed by atoms with Gasteiger partial charge >= 0.3 is 0 Å². The molecule has 0 spiro atoms. The van der Waals surface area contributed by atoms with Crippen LogP contribution in [0.5, 0.6) is 0 Å². The van der Waals surface area contributed by atoms with Crippen LogP contribution in [0.4, 0.5) is 5.82 Å². The largest absolute Gasteiger partial charge is 0.353 e. The molecule has 1 aliphatic rings. The minimum Gasteiger partial charge on any atom is -0.353 e. The molecule has 0 saturated carbocycles. The molecule has 1 aromatic heterocycles. The van der Waals surface area contributed by atoms with Crippen molar-refractivity contribution in [2.45, 2.75) is 59.5 Å². The molecule has 2 rings (SSSR count). The summed E-state index contributed by atoms with van der Waals surface area (Å²) in [7, 11) is 0. The van der Waals surface area contributed by atoms with E-state index in [-0.39, 0.29) is 11.8 Å². The molecule has 25 heavy (non-hydrogen) atoms. The van der Waals surface area contributed by atoms with Crippen LogP contribution < -0.4 is 10.2 Å². The molecule has 1 aliphatic heterocycles. The summed E-state index contributed by atoms with van der Waals surface area (Å²) in [5.41, 5.74) is 0.858. The average Bonchev–Trinajstić information content (AvgIpc) is 2.97. The summed E-state index contributed by atoms with van der Waals surface area (Å²) in [6.07, 6.45) is 2.72. The first-order valence-corrected chi connectivity index (χ1v) is 9.34. The minimum absolute atomic E-state index is 0.0202. The van der Waals surface area contributed by atoms with Gasteiger partial charge < -0.3 is 10.2 Å². The molecule has 0 saturated heterocycles. The number of carbonyl (C=O) groups excluding carboxylic acids is 2. The van der Waals surface area contributed by atoms with Crippen LogP contribution in [0.2, 0.25) is 0 Å². The second-order valence-corrected chi connectivity index (χ2v) is 6.64. The summed E-state index contributed by atoms with van der Waals surface area (Å²) < 4.78 is 1.81. The number of unbranched alkanes of at least 4 members (excludes halogenated alkanes) is 1. The van der Waals surface area contributed by atoms with Crippen LogP contribution in [-0.4, -0.2) is 58.7 Å². The molecular weight excluding hydrogens is 318 g/mol. The minimum atomic E-state index is -0.534. The normalized spacial score (nSPS) is 15.4. The highest BCUT2D eigenvalue weighted by Crippen LogP contribution is 2.24. The van der Waals surface area contributed by atoms with Crippen LogP contribution in [0.15, 0.2) is 6.07 Å². The maximum absolute atomic E-state index is 12.5. The van der Waals surface area contributed by atoms with Gasteiger partial charge in [-0.25, -0.2) is 4.68 Å². The lowest BCUT2D eigenvalue weighted by atomic mass is 10.2. The number of aryl methyl sites for hydroxylation is 2. The molecule has 1 aromatic rings. The van der Waals surface area contributed by atoms with Crippen molar-refractivity contribution < 1.29 is 9.59 Å². The maximum atomic E-state index is 12.5. The second-order valence-electron chi connectivity index (χ2n) is 6.64. The summed E-state index contributed by atoms with van der Waals surface area (Å²) >= 11 is 0. The lowest BCUT2D eigenvalue weighted by Gasteiger charge is -2.32. The Balaban J connectivity index is 1.92. The van der Waals surface area contributed by atoms with E-state index >= 15 is 0 Å². The number of hydrogen-bond acceptors (Lipinski definition) is 4. The summed E-state index contributed by atoms with van der Waals surface area (Å²) in [4.78, 5) is 28.8. The van der Waals surface area contributed by atoms with Crippen molar-refractivity contribution >= 4 is 17.6 Å². The number of nitrogens with one attached hydrogen (secondary N) is 1. The molecule has 0 aromatic carbocycles. The predicted molar refractivity (Wildman–Crippen MR) is 98.6 cm³/mol. The van der Waals surface area contributed by atoms with Crippen LogP contribution in [0, 0.1) is 6.92 Å². The average molecular weight is 349 g/mol. The van der Waals surface area contributed by atoms with Gasteiger partial charge in [-0.2, -0.15) is 5.10 Å². The van der Waals surface area contributed by atoms with Crippen LogP contribution >= 0.6 is 0 Å². The Bertz CT molecular complexity index is 598. The number of anilines is 1. The highest BCUT2D eigenvalue weighted by atomic mass is 16.2. The zero-order chi connectivity index (χ0) is 18.4. The number of amides is 2. The topological polar surface area (TPSA) is 70.5 Å². The molecule has 2 amide bonds. The first kappa shape index (κ1) is 19.4. The van der Waals surface area contributed by atoms with Crippen molar-refractivity contribution in [2.75, 3.05) is 31.1 Å². The fourth-order valence-electron chi connectivity index (χ4n) is 3.17. The van der Waals surface area contributed by atoms with Gasteiger partial charge in [0.1, 0.15) is 11.9 Å². The quantitative estimate of drug-likeness (QED) is 0.734. The van der Waals surface area contributed by atoms with E-state index in [2.05, 4.69) is 29.2 Å². The monoisotopic (exact) mass is 349 g/mol. The van der Waals surface area contributed by atoms with Gasteiger partial charge in [0.15, 0.2) is 0 Å². The van der Waals surface area contributed by atoms with Crippen LogP contribution in [0.1, 0.15) is 45.7 Å². The maximum Gasteiger partial charge on any atom is 0.243 e. The Morgan fingerprint density at radius 1 is 1.40 bits per heavy atom. The van der Waals surface area contributed by atoms with Crippen molar-refractivity contribution in [1.82, 2.24) is 20.0 Å². The van der Waals surface area contributed by atoms with E-state index in [9.17, 15) is 9.59 Å². The zero-order valence-electron chi connectivity index (χ0n) is 15.9. The molecule has 140 valence electrons. The van der Waals surface area contributed by atoms with Crippen molar-refractivity contribution in [1.29, 1.82) is 0 Å². The number of likely N-dealkylation sites (N-methyl/N-ethyl adjacent to an activating group) is 1. The zero-order valence-corrected chi connectivity index (χ0v) is 15.9. The fraction of sp³-hybridized carbons (Fsp3) is 0.722. The molecule has 7 heteroatoms. The van der Waals surface area contributed by atoms with E-state index in [1.807, 2.05) is 17.7 Å². The molecule has 0 bridgehead atoms. The summed E-state index contributed by atoms with van der Waals surface area (Å²) in [6.45, 7) is 12.0. The number of nitrogens with zero attached hydrogens (tertiary/aromatic N) is 4. The Labute approximate surface area is 150 Å². The SMILES string of the molecule is CCCCN(CC)CCNC(=O)[C@@H](C)N1C(=O)CCn2nc(C)cc21. The molecule has 2 heterocycles. The number of rotatable bonds is 9. The molecular formula is C18H31N5O2. The molecule has 0 radical (unpaired) electrons. The molecule has 1 N–H and O–H groups in total. The third-order valence-corrected chi connectivity index (χ3v) is 4.70. The van der Waals surface area contributed by atoms with E-state index < -0.39 is 6.04 Å². The van der Waals surface area contributed by atoms with Gasteiger partial charge in [-0.3, -0.25) is 14.5 Å². The lowest BCUT2D eigenvalue weighted by Crippen LogP contribution is -2.51. The Morgan fingerprint density at radius 2 is 2.16 bits per heavy atom. The standard InChI is InChI=1S/C18H31N5O2/c1-5-7-10-21(6-2)12-9-19-18(25)15(4)23-16-13-14(3)20-22(16)11-8-17(23)24/h13,15H,5-12H2,1-4H3,(H,19,25)/t15-/m1/s1. The van der Waals surface area contributed by atoms with Gasteiger partial charge in [0.2, 0.25) is 11.8 Å².